The highest BCUT2D eigenvalue weighted by molar-refractivity contribution is 6.10. The molecule has 0 N–H and O–H groups in total. The SMILES string of the molecule is COc1ccc(CCN2C(=O)[C@@H]3C4C=CC([C@H]5C(=O)N(CCc6ccc(OC)c(OC)c6)C(=O)[C@@H]45)[C@@H]3C2=O)cc1OC. The van der Waals surface area contributed by atoms with Crippen LogP contribution in [0.3, 0.4) is 0 Å². The van der Waals surface area contributed by atoms with E-state index in [0.29, 0.717) is 35.8 Å². The third-order valence-electron chi connectivity index (χ3n) is 9.34. The Morgan fingerprint density at radius 2 is 0.857 bits per heavy atom. The molecule has 3 fully saturated rings. The summed E-state index contributed by atoms with van der Waals surface area (Å²) in [6, 6.07) is 11.0. The van der Waals surface area contributed by atoms with E-state index < -0.39 is 35.5 Å². The minimum Gasteiger partial charge on any atom is -0.493 e. The average molecular weight is 575 g/mol. The number of likely N-dealkylation sites (tertiary alicyclic amines) is 2. The lowest BCUT2D eigenvalue weighted by Crippen LogP contribution is -2.50. The zero-order chi connectivity index (χ0) is 29.7. The number of methoxy groups -OCH3 is 4. The lowest BCUT2D eigenvalue weighted by atomic mass is 9.54. The van der Waals surface area contributed by atoms with Gasteiger partial charge in [-0.1, -0.05) is 24.3 Å². The second-order valence-electron chi connectivity index (χ2n) is 11.2. The van der Waals surface area contributed by atoms with Crippen molar-refractivity contribution < 1.29 is 38.1 Å². The van der Waals surface area contributed by atoms with Crippen LogP contribution in [0.1, 0.15) is 11.1 Å². The van der Waals surface area contributed by atoms with Crippen LogP contribution in [0.5, 0.6) is 23.0 Å². The number of carbonyl (C=O) groups is 4. The minimum absolute atomic E-state index is 0.217. The number of carbonyl (C=O) groups excluding carboxylic acids is 4. The van der Waals surface area contributed by atoms with Crippen LogP contribution < -0.4 is 18.9 Å². The predicted octanol–water partition coefficient (Wildman–Crippen LogP) is 2.52. The van der Waals surface area contributed by atoms with Gasteiger partial charge in [0, 0.05) is 24.9 Å². The molecule has 2 aromatic rings. The first-order valence-corrected chi connectivity index (χ1v) is 14.1. The highest BCUT2D eigenvalue weighted by atomic mass is 16.5. The molecule has 6 atom stereocenters. The molecular weight excluding hydrogens is 540 g/mol. The molecule has 0 radical (unpaired) electrons. The Kier molecular flexibility index (Phi) is 7.16. The Bertz CT molecular complexity index is 1330. The van der Waals surface area contributed by atoms with Gasteiger partial charge >= 0.3 is 0 Å². The second kappa shape index (κ2) is 10.8. The molecule has 2 bridgehead atoms. The van der Waals surface area contributed by atoms with Gasteiger partial charge in [-0.15, -0.1) is 0 Å². The number of ether oxygens (including phenoxy) is 4. The number of rotatable bonds is 10. The molecule has 5 aliphatic rings. The molecule has 0 aromatic heterocycles. The van der Waals surface area contributed by atoms with Gasteiger partial charge in [-0.2, -0.15) is 0 Å². The van der Waals surface area contributed by atoms with Crippen molar-refractivity contribution in [1.29, 1.82) is 0 Å². The molecule has 0 spiro atoms. The highest BCUT2D eigenvalue weighted by Gasteiger charge is 2.68. The first kappa shape index (κ1) is 27.8. The quantitative estimate of drug-likeness (QED) is 0.315. The van der Waals surface area contributed by atoms with E-state index in [4.69, 9.17) is 18.9 Å². The summed E-state index contributed by atoms with van der Waals surface area (Å²) in [5.41, 5.74) is 1.80. The lowest BCUT2D eigenvalue weighted by Gasteiger charge is -2.44. The Morgan fingerprint density at radius 1 is 0.524 bits per heavy atom. The zero-order valence-corrected chi connectivity index (χ0v) is 24.1. The Balaban J connectivity index is 1.17. The number of nitrogens with zero attached hydrogens (tertiary/aromatic N) is 2. The minimum atomic E-state index is -0.623. The normalized spacial score (nSPS) is 27.4. The van der Waals surface area contributed by atoms with E-state index in [1.807, 2.05) is 36.4 Å². The maximum atomic E-state index is 13.7. The van der Waals surface area contributed by atoms with Gasteiger partial charge in [0.2, 0.25) is 23.6 Å². The van der Waals surface area contributed by atoms with E-state index in [0.717, 1.165) is 11.1 Å². The Hall–Kier alpha value is -4.34. The molecule has 4 amide bonds. The van der Waals surface area contributed by atoms with E-state index >= 15 is 0 Å². The van der Waals surface area contributed by atoms with Gasteiger partial charge in [0.1, 0.15) is 0 Å². The van der Waals surface area contributed by atoms with Gasteiger partial charge in [0.25, 0.3) is 0 Å². The monoisotopic (exact) mass is 574 g/mol. The summed E-state index contributed by atoms with van der Waals surface area (Å²) in [6.07, 6.45) is 4.68. The molecule has 2 aromatic carbocycles. The van der Waals surface area contributed by atoms with Crippen molar-refractivity contribution in [2.75, 3.05) is 41.5 Å². The number of hydrogen-bond donors (Lipinski definition) is 0. The topological polar surface area (TPSA) is 112 Å². The second-order valence-corrected chi connectivity index (χ2v) is 11.2. The van der Waals surface area contributed by atoms with Crippen LogP contribution in [-0.4, -0.2) is 75.0 Å². The summed E-state index contributed by atoms with van der Waals surface area (Å²) in [4.78, 5) is 57.3. The molecule has 42 heavy (non-hydrogen) atoms. The fourth-order valence-corrected chi connectivity index (χ4v) is 7.34. The molecule has 3 aliphatic carbocycles. The van der Waals surface area contributed by atoms with Crippen LogP contribution in [0.2, 0.25) is 0 Å². The van der Waals surface area contributed by atoms with Gasteiger partial charge in [0.05, 0.1) is 52.1 Å². The van der Waals surface area contributed by atoms with E-state index in [9.17, 15) is 19.2 Å². The average Bonchev–Trinajstić information content (AvgIpc) is 3.44. The molecular formula is C32H34N2O8. The molecule has 10 heteroatoms. The Labute approximate surface area is 244 Å². The van der Waals surface area contributed by atoms with Gasteiger partial charge in [-0.05, 0) is 48.2 Å². The summed E-state index contributed by atoms with van der Waals surface area (Å²) in [7, 11) is 6.23. The van der Waals surface area contributed by atoms with Crippen molar-refractivity contribution in [2.24, 2.45) is 35.5 Å². The maximum absolute atomic E-state index is 13.7. The van der Waals surface area contributed by atoms with Crippen molar-refractivity contribution in [2.45, 2.75) is 12.8 Å². The fraction of sp³-hybridized carbons (Fsp3) is 0.438. The predicted molar refractivity (Wildman–Crippen MR) is 150 cm³/mol. The van der Waals surface area contributed by atoms with Gasteiger partial charge in [0.15, 0.2) is 23.0 Å². The number of hydrogen-bond acceptors (Lipinski definition) is 8. The molecule has 220 valence electrons. The Morgan fingerprint density at radius 3 is 1.17 bits per heavy atom. The molecule has 2 aliphatic heterocycles. The lowest BCUT2D eigenvalue weighted by molar-refractivity contribution is -0.140. The van der Waals surface area contributed by atoms with Crippen molar-refractivity contribution in [1.82, 2.24) is 9.80 Å². The summed E-state index contributed by atoms with van der Waals surface area (Å²) in [5, 5.41) is 0. The molecule has 2 saturated heterocycles. The largest absolute Gasteiger partial charge is 0.493 e. The number of imide groups is 2. The maximum Gasteiger partial charge on any atom is 0.233 e. The summed E-state index contributed by atoms with van der Waals surface area (Å²) in [5.74, 6) is -2.13. The number of allylic oxidation sites excluding steroid dienone is 2. The molecule has 10 nitrogen and oxygen atoms in total. The standard InChI is InChI=1S/C32H34N2O8/c1-39-21-9-5-17(15-23(21)41-3)11-13-33-29(35)25-19-7-8-20(26(25)30(33)36)28-27(19)31(37)34(32(28)38)14-12-18-6-10-22(40-2)24(16-18)42-4/h5-10,15-16,19-20,25-28H,11-14H2,1-4H3/t19?,20?,25-,26+,27+,28-. The number of amides is 4. The van der Waals surface area contributed by atoms with Crippen LogP contribution in [-0.2, 0) is 32.0 Å². The van der Waals surface area contributed by atoms with Crippen molar-refractivity contribution >= 4 is 23.6 Å². The van der Waals surface area contributed by atoms with Crippen LogP contribution in [0, 0.1) is 35.5 Å². The molecule has 1 saturated carbocycles. The molecule has 2 unspecified atom stereocenters. The van der Waals surface area contributed by atoms with Gasteiger partial charge in [-0.3, -0.25) is 29.0 Å². The van der Waals surface area contributed by atoms with Crippen molar-refractivity contribution in [3.8, 4) is 23.0 Å². The van der Waals surface area contributed by atoms with Crippen LogP contribution in [0.15, 0.2) is 48.6 Å². The van der Waals surface area contributed by atoms with Crippen LogP contribution >= 0.6 is 0 Å². The molecule has 7 rings (SSSR count). The highest BCUT2D eigenvalue weighted by Crippen LogP contribution is 2.57. The van der Waals surface area contributed by atoms with Crippen molar-refractivity contribution in [3.63, 3.8) is 0 Å². The third kappa shape index (κ3) is 4.23. The van der Waals surface area contributed by atoms with Crippen LogP contribution in [0.25, 0.3) is 0 Å². The zero-order valence-electron chi connectivity index (χ0n) is 24.1. The van der Waals surface area contributed by atoms with Crippen LogP contribution in [0.4, 0.5) is 0 Å². The van der Waals surface area contributed by atoms with E-state index in [-0.39, 0.29) is 36.7 Å². The van der Waals surface area contributed by atoms with E-state index in [1.165, 1.54) is 9.80 Å². The van der Waals surface area contributed by atoms with Crippen molar-refractivity contribution in [3.05, 3.63) is 59.7 Å². The summed E-state index contributed by atoms with van der Waals surface area (Å²) < 4.78 is 21.3. The van der Waals surface area contributed by atoms with E-state index in [1.54, 1.807) is 40.6 Å². The third-order valence-corrected chi connectivity index (χ3v) is 9.34. The van der Waals surface area contributed by atoms with E-state index in [2.05, 4.69) is 0 Å². The summed E-state index contributed by atoms with van der Waals surface area (Å²) >= 11 is 0. The first-order chi connectivity index (χ1) is 20.3. The van der Waals surface area contributed by atoms with Gasteiger partial charge < -0.3 is 18.9 Å². The fourth-order valence-electron chi connectivity index (χ4n) is 7.34. The smallest absolute Gasteiger partial charge is 0.233 e. The summed E-state index contributed by atoms with van der Waals surface area (Å²) in [6.45, 7) is 0.433. The number of benzene rings is 2. The van der Waals surface area contributed by atoms with Gasteiger partial charge in [-0.25, -0.2) is 0 Å². The molecule has 2 heterocycles. The first-order valence-electron chi connectivity index (χ1n) is 14.1.